The van der Waals surface area contributed by atoms with E-state index in [0.717, 1.165) is 24.2 Å². The molecule has 0 radical (unpaired) electrons. The molecule has 0 spiro atoms. The van der Waals surface area contributed by atoms with Gasteiger partial charge in [-0.25, -0.2) is 0 Å². The third-order valence-corrected chi connectivity index (χ3v) is 3.45. The second kappa shape index (κ2) is 10.3. The summed E-state index contributed by atoms with van der Waals surface area (Å²) in [5.41, 5.74) is 6.71. The molecule has 0 fully saturated rings. The minimum atomic E-state index is 0.107. The molecule has 5 heteroatoms. The van der Waals surface area contributed by atoms with Gasteiger partial charge < -0.3 is 25.1 Å². The lowest BCUT2D eigenvalue weighted by Crippen LogP contribution is -2.18. The first-order valence-electron chi connectivity index (χ1n) is 8.06. The van der Waals surface area contributed by atoms with Gasteiger partial charge in [-0.05, 0) is 57.7 Å². The van der Waals surface area contributed by atoms with Crippen LogP contribution in [0.15, 0.2) is 12.1 Å². The van der Waals surface area contributed by atoms with Crippen LogP contribution in [-0.4, -0.2) is 38.1 Å². The number of benzene rings is 1. The Hall–Kier alpha value is -1.46. The fourth-order valence-corrected chi connectivity index (χ4v) is 2.28. The maximum Gasteiger partial charge on any atom is 0.203 e. The average molecular weight is 311 g/mol. The second-order valence-corrected chi connectivity index (χ2v) is 5.00. The van der Waals surface area contributed by atoms with E-state index in [9.17, 15) is 5.11 Å². The monoisotopic (exact) mass is 311 g/mol. The van der Waals surface area contributed by atoms with E-state index in [0.29, 0.717) is 37.9 Å². The Balaban J connectivity index is 3.06. The van der Waals surface area contributed by atoms with Crippen LogP contribution < -0.4 is 19.9 Å². The summed E-state index contributed by atoms with van der Waals surface area (Å²) < 4.78 is 17.2. The summed E-state index contributed by atoms with van der Waals surface area (Å²) in [4.78, 5) is 0. The maximum absolute atomic E-state index is 9.27. The lowest BCUT2D eigenvalue weighted by molar-refractivity contribution is 0.222. The van der Waals surface area contributed by atoms with E-state index in [2.05, 4.69) is 0 Å². The zero-order chi connectivity index (χ0) is 16.4. The lowest BCUT2D eigenvalue weighted by atomic mass is 9.99. The standard InChI is InChI=1S/C17H29NO4/c1-4-20-15-10-9-14(8-7-13(11-18)12-19)16(21-5-2)17(15)22-6-3/h9-10,13,19H,4-8,11-12,18H2,1-3H3. The predicted molar refractivity (Wildman–Crippen MR) is 87.9 cm³/mol. The Labute approximate surface area is 133 Å². The van der Waals surface area contributed by atoms with E-state index in [4.69, 9.17) is 19.9 Å². The van der Waals surface area contributed by atoms with Crippen molar-refractivity contribution in [1.29, 1.82) is 0 Å². The van der Waals surface area contributed by atoms with Gasteiger partial charge >= 0.3 is 0 Å². The molecule has 0 aliphatic heterocycles. The average Bonchev–Trinajstić information content (AvgIpc) is 2.53. The fourth-order valence-electron chi connectivity index (χ4n) is 2.28. The number of ether oxygens (including phenoxy) is 3. The molecule has 0 saturated carbocycles. The van der Waals surface area contributed by atoms with Crippen molar-refractivity contribution in [3.05, 3.63) is 17.7 Å². The van der Waals surface area contributed by atoms with Gasteiger partial charge in [-0.2, -0.15) is 0 Å². The van der Waals surface area contributed by atoms with Gasteiger partial charge in [0.1, 0.15) is 0 Å². The van der Waals surface area contributed by atoms with Crippen LogP contribution in [0.3, 0.4) is 0 Å². The van der Waals surface area contributed by atoms with Crippen LogP contribution in [0, 0.1) is 5.92 Å². The van der Waals surface area contributed by atoms with E-state index < -0.39 is 0 Å². The first-order chi connectivity index (χ1) is 10.7. The van der Waals surface area contributed by atoms with Crippen LogP contribution in [0.2, 0.25) is 0 Å². The topological polar surface area (TPSA) is 73.9 Å². The highest BCUT2D eigenvalue weighted by Gasteiger charge is 2.18. The van der Waals surface area contributed by atoms with Gasteiger partial charge in [0.15, 0.2) is 11.5 Å². The number of rotatable bonds is 11. The molecule has 5 nitrogen and oxygen atoms in total. The summed E-state index contributed by atoms with van der Waals surface area (Å²) in [6.07, 6.45) is 1.59. The number of nitrogens with two attached hydrogens (primary N) is 1. The van der Waals surface area contributed by atoms with Crippen molar-refractivity contribution in [3.8, 4) is 17.2 Å². The molecule has 0 amide bonds. The number of hydrogen-bond donors (Lipinski definition) is 2. The van der Waals surface area contributed by atoms with Crippen LogP contribution in [0.25, 0.3) is 0 Å². The largest absolute Gasteiger partial charge is 0.490 e. The number of hydrogen-bond acceptors (Lipinski definition) is 5. The van der Waals surface area contributed by atoms with Gasteiger partial charge in [0.25, 0.3) is 0 Å². The molecule has 3 N–H and O–H groups in total. The highest BCUT2D eigenvalue weighted by molar-refractivity contribution is 5.56. The minimum absolute atomic E-state index is 0.107. The van der Waals surface area contributed by atoms with Gasteiger partial charge in [0.05, 0.1) is 19.8 Å². The van der Waals surface area contributed by atoms with Crippen molar-refractivity contribution < 1.29 is 19.3 Å². The quantitative estimate of drug-likeness (QED) is 0.656. The van der Waals surface area contributed by atoms with Crippen LogP contribution in [0.5, 0.6) is 17.2 Å². The van der Waals surface area contributed by atoms with Gasteiger partial charge in [-0.15, -0.1) is 0 Å². The molecule has 0 bridgehead atoms. The molecule has 126 valence electrons. The summed E-state index contributed by atoms with van der Waals surface area (Å²) >= 11 is 0. The predicted octanol–water partition coefficient (Wildman–Crippen LogP) is 2.38. The summed E-state index contributed by atoms with van der Waals surface area (Å²) in [6.45, 7) is 8.10. The Morgan fingerprint density at radius 2 is 1.64 bits per heavy atom. The van der Waals surface area contributed by atoms with Crippen molar-refractivity contribution >= 4 is 0 Å². The highest BCUT2D eigenvalue weighted by atomic mass is 16.5. The first kappa shape index (κ1) is 18.6. The molecular formula is C17H29NO4. The fraction of sp³-hybridized carbons (Fsp3) is 0.647. The molecule has 1 aromatic carbocycles. The third kappa shape index (κ3) is 5.07. The van der Waals surface area contributed by atoms with Crippen molar-refractivity contribution in [3.63, 3.8) is 0 Å². The van der Waals surface area contributed by atoms with E-state index in [1.165, 1.54) is 0 Å². The van der Waals surface area contributed by atoms with Gasteiger partial charge in [0, 0.05) is 6.61 Å². The number of aliphatic hydroxyl groups is 1. The summed E-state index contributed by atoms with van der Waals surface area (Å²) in [7, 11) is 0. The molecule has 0 aliphatic rings. The Kier molecular flexibility index (Phi) is 8.70. The Bertz CT molecular complexity index is 433. The molecule has 0 saturated heterocycles. The van der Waals surface area contributed by atoms with Gasteiger partial charge in [-0.3, -0.25) is 0 Å². The zero-order valence-corrected chi connectivity index (χ0v) is 13.9. The first-order valence-corrected chi connectivity index (χ1v) is 8.06. The van der Waals surface area contributed by atoms with Crippen LogP contribution in [0.1, 0.15) is 32.8 Å². The van der Waals surface area contributed by atoms with Crippen LogP contribution >= 0.6 is 0 Å². The SMILES string of the molecule is CCOc1ccc(CCC(CN)CO)c(OCC)c1OCC. The molecule has 1 rings (SSSR count). The number of aryl methyl sites for hydroxylation is 1. The molecular weight excluding hydrogens is 282 g/mol. The molecule has 22 heavy (non-hydrogen) atoms. The normalized spacial score (nSPS) is 12.0. The van der Waals surface area contributed by atoms with Crippen molar-refractivity contribution in [2.75, 3.05) is 33.0 Å². The smallest absolute Gasteiger partial charge is 0.203 e. The molecule has 0 aliphatic carbocycles. The maximum atomic E-state index is 9.27. The molecule has 1 aromatic rings. The zero-order valence-electron chi connectivity index (χ0n) is 13.9. The van der Waals surface area contributed by atoms with Crippen molar-refractivity contribution in [2.24, 2.45) is 11.7 Å². The third-order valence-electron chi connectivity index (χ3n) is 3.45. The number of aliphatic hydroxyl groups excluding tert-OH is 1. The van der Waals surface area contributed by atoms with Gasteiger partial charge in [0.2, 0.25) is 5.75 Å². The molecule has 0 aromatic heterocycles. The Morgan fingerprint density at radius 1 is 1.00 bits per heavy atom. The highest BCUT2D eigenvalue weighted by Crippen LogP contribution is 2.41. The minimum Gasteiger partial charge on any atom is -0.490 e. The second-order valence-electron chi connectivity index (χ2n) is 5.00. The molecule has 0 heterocycles. The Morgan fingerprint density at radius 3 is 2.18 bits per heavy atom. The van der Waals surface area contributed by atoms with Gasteiger partial charge in [-0.1, -0.05) is 6.07 Å². The van der Waals surface area contributed by atoms with E-state index in [1.807, 2.05) is 32.9 Å². The summed E-state index contributed by atoms with van der Waals surface area (Å²) in [6, 6.07) is 3.92. The van der Waals surface area contributed by atoms with Crippen LogP contribution in [0.4, 0.5) is 0 Å². The summed E-state index contributed by atoms with van der Waals surface area (Å²) in [5.74, 6) is 2.21. The van der Waals surface area contributed by atoms with E-state index in [-0.39, 0.29) is 12.5 Å². The van der Waals surface area contributed by atoms with Crippen molar-refractivity contribution in [2.45, 2.75) is 33.6 Å². The van der Waals surface area contributed by atoms with Crippen LogP contribution in [-0.2, 0) is 6.42 Å². The lowest BCUT2D eigenvalue weighted by Gasteiger charge is -2.19. The van der Waals surface area contributed by atoms with E-state index >= 15 is 0 Å². The van der Waals surface area contributed by atoms with E-state index in [1.54, 1.807) is 0 Å². The van der Waals surface area contributed by atoms with Crippen molar-refractivity contribution in [1.82, 2.24) is 0 Å². The molecule has 1 atom stereocenters. The summed E-state index contributed by atoms with van der Waals surface area (Å²) in [5, 5.41) is 9.27. The molecule has 1 unspecified atom stereocenters.